The predicted molar refractivity (Wildman–Crippen MR) is 107 cm³/mol. The van der Waals surface area contributed by atoms with Crippen molar-refractivity contribution < 1.29 is 24.0 Å². The van der Waals surface area contributed by atoms with Crippen LogP contribution in [0.2, 0.25) is 0 Å². The zero-order chi connectivity index (χ0) is 20.8. The summed E-state index contributed by atoms with van der Waals surface area (Å²) in [6, 6.07) is 5.48. The van der Waals surface area contributed by atoms with E-state index in [2.05, 4.69) is 38.3 Å². The van der Waals surface area contributed by atoms with Crippen LogP contribution in [0, 0.1) is 0 Å². The van der Waals surface area contributed by atoms with Gasteiger partial charge in [-0.2, -0.15) is 0 Å². The minimum atomic E-state index is -0.614. The molecule has 0 radical (unpaired) electrons. The van der Waals surface area contributed by atoms with Gasteiger partial charge in [-0.25, -0.2) is 0 Å². The maximum absolute atomic E-state index is 12.9. The van der Waals surface area contributed by atoms with Gasteiger partial charge in [-0.1, -0.05) is 45.9 Å². The Morgan fingerprint density at radius 1 is 1.21 bits per heavy atom. The summed E-state index contributed by atoms with van der Waals surface area (Å²) in [6.07, 6.45) is -0.0369. The number of esters is 1. The second-order valence-electron chi connectivity index (χ2n) is 7.88. The van der Waals surface area contributed by atoms with Crippen molar-refractivity contribution in [1.82, 2.24) is 5.32 Å². The fourth-order valence-corrected chi connectivity index (χ4v) is 3.61. The Balaban J connectivity index is 2.19. The highest BCUT2D eigenvalue weighted by atomic mass is 16.5. The highest BCUT2D eigenvalue weighted by molar-refractivity contribution is 5.94. The van der Waals surface area contributed by atoms with Gasteiger partial charge >= 0.3 is 5.97 Å². The van der Waals surface area contributed by atoms with Gasteiger partial charge in [-0.3, -0.25) is 14.4 Å². The quantitative estimate of drug-likeness (QED) is 0.602. The van der Waals surface area contributed by atoms with Gasteiger partial charge in [0.25, 0.3) is 11.8 Å². The molecule has 1 fully saturated rings. The number of nitrogens with one attached hydrogen (secondary N) is 3. The number of quaternary nitrogens is 1. The molecule has 0 aliphatic carbocycles. The molecule has 1 aromatic rings. The maximum Gasteiger partial charge on any atom is 0.312 e. The Morgan fingerprint density at radius 3 is 2.36 bits per heavy atom. The van der Waals surface area contributed by atoms with Gasteiger partial charge in [-0.05, 0) is 23.0 Å². The number of ether oxygens (including phenoxy) is 1. The lowest BCUT2D eigenvalue weighted by atomic mass is 9.92. The molecule has 1 aromatic carbocycles. The van der Waals surface area contributed by atoms with Crippen molar-refractivity contribution in [1.29, 1.82) is 0 Å². The van der Waals surface area contributed by atoms with E-state index in [4.69, 9.17) is 4.74 Å². The van der Waals surface area contributed by atoms with Crippen LogP contribution in [-0.2, 0) is 19.1 Å². The first kappa shape index (κ1) is 21.9. The number of methoxy groups -OCH3 is 1. The van der Waals surface area contributed by atoms with Gasteiger partial charge in [0.1, 0.15) is 6.42 Å². The SMILES string of the molecule is COC(=O)C[C@H]1C(=O)NCC[NH+]1CC(=O)Nc1c(C(C)C)cccc1C(C)C. The first-order valence-corrected chi connectivity index (χ1v) is 9.86. The summed E-state index contributed by atoms with van der Waals surface area (Å²) < 4.78 is 4.70. The minimum Gasteiger partial charge on any atom is -0.469 e. The summed E-state index contributed by atoms with van der Waals surface area (Å²) in [4.78, 5) is 37.5. The number of benzene rings is 1. The van der Waals surface area contributed by atoms with Crippen molar-refractivity contribution in [3.05, 3.63) is 29.3 Å². The number of hydrogen-bond donors (Lipinski definition) is 3. The molecule has 0 spiro atoms. The molecule has 0 aromatic heterocycles. The minimum absolute atomic E-state index is 0.0369. The van der Waals surface area contributed by atoms with Crippen molar-refractivity contribution in [2.24, 2.45) is 0 Å². The molecule has 3 N–H and O–H groups in total. The molecule has 1 saturated heterocycles. The lowest BCUT2D eigenvalue weighted by molar-refractivity contribution is -0.909. The van der Waals surface area contributed by atoms with Crippen LogP contribution in [0.15, 0.2) is 18.2 Å². The molecule has 154 valence electrons. The number of para-hydroxylation sites is 1. The third kappa shape index (κ3) is 5.32. The molecule has 2 rings (SSSR count). The highest BCUT2D eigenvalue weighted by Crippen LogP contribution is 2.32. The molecule has 1 heterocycles. The molecule has 0 bridgehead atoms. The molecule has 1 aliphatic rings. The normalized spacial score (nSPS) is 19.5. The van der Waals surface area contributed by atoms with Crippen molar-refractivity contribution in [2.75, 3.05) is 32.1 Å². The van der Waals surface area contributed by atoms with Gasteiger partial charge in [0.15, 0.2) is 12.6 Å². The molecule has 0 saturated carbocycles. The van der Waals surface area contributed by atoms with Crippen LogP contribution in [0.5, 0.6) is 0 Å². The molecule has 2 atom stereocenters. The monoisotopic (exact) mass is 390 g/mol. The van der Waals surface area contributed by atoms with Gasteiger partial charge in [0, 0.05) is 5.69 Å². The molecule has 7 nitrogen and oxygen atoms in total. The summed E-state index contributed by atoms with van der Waals surface area (Å²) in [5, 5.41) is 5.85. The van der Waals surface area contributed by atoms with E-state index in [9.17, 15) is 14.4 Å². The first-order valence-electron chi connectivity index (χ1n) is 9.86. The summed E-state index contributed by atoms with van der Waals surface area (Å²) in [5.41, 5.74) is 3.05. The number of rotatable bonds is 7. The topological polar surface area (TPSA) is 88.9 Å². The smallest absolute Gasteiger partial charge is 0.312 e. The van der Waals surface area contributed by atoms with E-state index in [-0.39, 0.29) is 36.6 Å². The molecule has 1 unspecified atom stereocenters. The number of anilines is 1. The fourth-order valence-electron chi connectivity index (χ4n) is 3.61. The van der Waals surface area contributed by atoms with Crippen LogP contribution in [-0.4, -0.2) is 50.6 Å². The van der Waals surface area contributed by atoms with E-state index >= 15 is 0 Å². The van der Waals surface area contributed by atoms with E-state index in [1.165, 1.54) is 7.11 Å². The lowest BCUT2D eigenvalue weighted by Crippen LogP contribution is -3.20. The van der Waals surface area contributed by atoms with Crippen LogP contribution in [0.1, 0.15) is 57.1 Å². The van der Waals surface area contributed by atoms with Gasteiger partial charge in [0.05, 0.1) is 20.2 Å². The largest absolute Gasteiger partial charge is 0.469 e. The van der Waals surface area contributed by atoms with Crippen molar-refractivity contribution in [2.45, 2.75) is 52.0 Å². The van der Waals surface area contributed by atoms with Gasteiger partial charge < -0.3 is 20.3 Å². The predicted octanol–water partition coefficient (Wildman–Crippen LogP) is 0.818. The second kappa shape index (κ2) is 9.68. The number of carbonyl (C=O) groups excluding carboxylic acids is 3. The Hall–Kier alpha value is -2.41. The van der Waals surface area contributed by atoms with Crippen LogP contribution >= 0.6 is 0 Å². The summed E-state index contributed by atoms with van der Waals surface area (Å²) in [7, 11) is 1.30. The third-order valence-corrected chi connectivity index (χ3v) is 5.18. The highest BCUT2D eigenvalue weighted by Gasteiger charge is 2.37. The first-order chi connectivity index (χ1) is 13.2. The molecule has 28 heavy (non-hydrogen) atoms. The van der Waals surface area contributed by atoms with Crippen molar-refractivity contribution >= 4 is 23.5 Å². The van der Waals surface area contributed by atoms with E-state index in [0.717, 1.165) is 21.7 Å². The average molecular weight is 391 g/mol. The van der Waals surface area contributed by atoms with E-state index < -0.39 is 12.0 Å². The number of piperazine rings is 1. The molecular weight excluding hydrogens is 358 g/mol. The van der Waals surface area contributed by atoms with Crippen LogP contribution in [0.3, 0.4) is 0 Å². The summed E-state index contributed by atoms with van der Waals surface area (Å²) in [5.74, 6) is -0.282. The zero-order valence-corrected chi connectivity index (χ0v) is 17.4. The van der Waals surface area contributed by atoms with E-state index in [0.29, 0.717) is 13.1 Å². The Kier molecular flexibility index (Phi) is 7.57. The van der Waals surface area contributed by atoms with Gasteiger partial charge in [-0.15, -0.1) is 0 Å². The van der Waals surface area contributed by atoms with Crippen molar-refractivity contribution in [3.8, 4) is 0 Å². The number of hydrogen-bond acceptors (Lipinski definition) is 4. The fraction of sp³-hybridized carbons (Fsp3) is 0.571. The molecule has 1 aliphatic heterocycles. The third-order valence-electron chi connectivity index (χ3n) is 5.18. The Labute approximate surface area is 166 Å². The Bertz CT molecular complexity index is 704. The average Bonchev–Trinajstić information content (AvgIpc) is 2.64. The number of amides is 2. The summed E-state index contributed by atoms with van der Waals surface area (Å²) in [6.45, 7) is 9.59. The van der Waals surface area contributed by atoms with Crippen LogP contribution in [0.25, 0.3) is 0 Å². The van der Waals surface area contributed by atoms with Crippen LogP contribution < -0.4 is 15.5 Å². The lowest BCUT2D eigenvalue weighted by Gasteiger charge is -2.31. The maximum atomic E-state index is 12.9. The number of carbonyl (C=O) groups is 3. The van der Waals surface area contributed by atoms with Crippen molar-refractivity contribution in [3.63, 3.8) is 0 Å². The zero-order valence-electron chi connectivity index (χ0n) is 17.4. The van der Waals surface area contributed by atoms with E-state index in [1.807, 2.05) is 18.2 Å². The summed E-state index contributed by atoms with van der Waals surface area (Å²) >= 11 is 0. The van der Waals surface area contributed by atoms with Gasteiger partial charge in [0.2, 0.25) is 0 Å². The standard InChI is InChI=1S/C21H31N3O4/c1-13(2)15-7-6-8-16(14(3)4)20(15)23-18(25)12-24-10-9-22-21(27)17(24)11-19(26)28-5/h6-8,13-14,17H,9-12H2,1-5H3,(H,22,27)(H,23,25)/p+1/t17-/m0/s1. The molecular formula is C21H32N3O4+. The van der Waals surface area contributed by atoms with E-state index in [1.54, 1.807) is 0 Å². The molecule has 7 heteroatoms. The Morgan fingerprint density at radius 2 is 1.82 bits per heavy atom. The van der Waals surface area contributed by atoms with Crippen LogP contribution in [0.4, 0.5) is 5.69 Å². The second-order valence-corrected chi connectivity index (χ2v) is 7.88. The molecule has 2 amide bonds.